The molecule has 0 aromatic heterocycles. The molecular weight excluding hydrogens is 610 g/mol. The number of nitrogens with one attached hydrogen (secondary N) is 1. The number of anilines is 1. The van der Waals surface area contributed by atoms with Gasteiger partial charge >= 0.3 is 0 Å². The number of carbonyl (C=O) groups is 2. The van der Waals surface area contributed by atoms with Gasteiger partial charge in [0, 0.05) is 19.0 Å². The molecule has 45 heavy (non-hydrogen) atoms. The predicted molar refractivity (Wildman–Crippen MR) is 178 cm³/mol. The Bertz CT molecular complexity index is 1670. The Hall–Kier alpha value is -4.34. The fourth-order valence-electron chi connectivity index (χ4n) is 4.83. The molecule has 0 unspecified atom stereocenters. The molecule has 0 aliphatic carbocycles. The maximum atomic E-state index is 14.5. The Kier molecular flexibility index (Phi) is 11.6. The molecule has 0 heterocycles. The molecule has 0 spiro atoms. The van der Waals surface area contributed by atoms with Crippen LogP contribution in [0.1, 0.15) is 31.4 Å². The molecule has 236 valence electrons. The normalized spacial score (nSPS) is 12.5. The highest BCUT2D eigenvalue weighted by Gasteiger charge is 2.35. The first-order valence-electron chi connectivity index (χ1n) is 14.7. The third-order valence-corrected chi connectivity index (χ3v) is 9.58. The van der Waals surface area contributed by atoms with Gasteiger partial charge in [0.1, 0.15) is 18.3 Å². The molecule has 0 aliphatic heterocycles. The Balaban J connectivity index is 1.81. The fraction of sp³-hybridized carbons (Fsp3) is 0.257. The summed E-state index contributed by atoms with van der Waals surface area (Å²) < 4.78 is 34.5. The number of nitrogens with zero attached hydrogens (tertiary/aromatic N) is 2. The second-order valence-corrected chi connectivity index (χ2v) is 12.9. The zero-order chi connectivity index (χ0) is 32.4. The minimum Gasteiger partial charge on any atom is -0.495 e. The van der Waals surface area contributed by atoms with Crippen molar-refractivity contribution in [2.45, 2.75) is 50.2 Å². The van der Waals surface area contributed by atoms with Crippen molar-refractivity contribution in [3.8, 4) is 5.75 Å². The molecule has 4 aromatic rings. The van der Waals surface area contributed by atoms with Gasteiger partial charge in [-0.25, -0.2) is 8.42 Å². The second-order valence-electron chi connectivity index (χ2n) is 10.7. The van der Waals surface area contributed by atoms with Crippen LogP contribution in [0.25, 0.3) is 0 Å². The topological polar surface area (TPSA) is 96.0 Å². The summed E-state index contributed by atoms with van der Waals surface area (Å²) in [6.45, 7) is 3.39. The molecule has 0 fully saturated rings. The van der Waals surface area contributed by atoms with E-state index in [-0.39, 0.29) is 40.5 Å². The van der Waals surface area contributed by atoms with Crippen molar-refractivity contribution in [2.24, 2.45) is 0 Å². The molecule has 1 N–H and O–H groups in total. The number of halogens is 1. The van der Waals surface area contributed by atoms with Crippen LogP contribution < -0.4 is 14.4 Å². The Morgan fingerprint density at radius 3 is 2.00 bits per heavy atom. The van der Waals surface area contributed by atoms with Crippen molar-refractivity contribution in [1.82, 2.24) is 10.2 Å². The Morgan fingerprint density at radius 1 is 0.867 bits per heavy atom. The number of methoxy groups -OCH3 is 1. The minimum atomic E-state index is -4.23. The number of benzene rings is 4. The average Bonchev–Trinajstić information content (AvgIpc) is 3.06. The smallest absolute Gasteiger partial charge is 0.264 e. The molecule has 2 amide bonds. The van der Waals surface area contributed by atoms with Crippen LogP contribution in [0.3, 0.4) is 0 Å². The zero-order valence-electron chi connectivity index (χ0n) is 25.6. The van der Waals surface area contributed by atoms with E-state index in [4.69, 9.17) is 16.3 Å². The summed E-state index contributed by atoms with van der Waals surface area (Å²) in [5.74, 6) is -0.507. The van der Waals surface area contributed by atoms with E-state index in [9.17, 15) is 18.0 Å². The summed E-state index contributed by atoms with van der Waals surface area (Å²) >= 11 is 6.43. The van der Waals surface area contributed by atoms with E-state index in [1.807, 2.05) is 74.5 Å². The first-order valence-corrected chi connectivity index (χ1v) is 16.5. The summed E-state index contributed by atoms with van der Waals surface area (Å²) in [5, 5.41) is 3.22. The maximum Gasteiger partial charge on any atom is 0.264 e. The third kappa shape index (κ3) is 8.65. The summed E-state index contributed by atoms with van der Waals surface area (Å²) in [6.07, 6.45) is 0.944. The van der Waals surface area contributed by atoms with Gasteiger partial charge in [0.05, 0.1) is 22.7 Å². The standard InChI is InChI=1S/C35H38ClN3O5S/c1-4-26(2)37-35(41)32(22-27-14-8-5-9-15-27)38(24-28-16-10-6-11-17-28)34(40)25-39(29-20-21-33(44-3)31(36)23-29)45(42,43)30-18-12-7-13-19-30/h5-21,23,26,32H,4,22,24-25H2,1-3H3,(H,37,41)/t26-,32-/m1/s1. The van der Waals surface area contributed by atoms with E-state index in [0.717, 1.165) is 15.4 Å². The lowest BCUT2D eigenvalue weighted by molar-refractivity contribution is -0.140. The van der Waals surface area contributed by atoms with E-state index in [1.54, 1.807) is 24.3 Å². The van der Waals surface area contributed by atoms with Gasteiger partial charge < -0.3 is 15.0 Å². The van der Waals surface area contributed by atoms with Crippen LogP contribution in [0, 0.1) is 0 Å². The van der Waals surface area contributed by atoms with Crippen LogP contribution in [-0.4, -0.2) is 50.9 Å². The molecule has 0 aliphatic rings. The van der Waals surface area contributed by atoms with Gasteiger partial charge in [-0.3, -0.25) is 13.9 Å². The van der Waals surface area contributed by atoms with Crippen molar-refractivity contribution >= 4 is 39.1 Å². The lowest BCUT2D eigenvalue weighted by atomic mass is 10.0. The SMILES string of the molecule is CC[C@@H](C)NC(=O)[C@@H](Cc1ccccc1)N(Cc1ccccc1)C(=O)CN(c1ccc(OC)c(Cl)c1)S(=O)(=O)c1ccccc1. The van der Waals surface area contributed by atoms with Crippen LogP contribution in [0.2, 0.25) is 5.02 Å². The largest absolute Gasteiger partial charge is 0.495 e. The molecule has 0 bridgehead atoms. The number of ether oxygens (including phenoxy) is 1. The predicted octanol–water partition coefficient (Wildman–Crippen LogP) is 6.10. The summed E-state index contributed by atoms with van der Waals surface area (Å²) in [6, 6.07) is 30.1. The van der Waals surface area contributed by atoms with Gasteiger partial charge in [0.2, 0.25) is 11.8 Å². The lowest BCUT2D eigenvalue weighted by Crippen LogP contribution is -2.54. The fourth-order valence-corrected chi connectivity index (χ4v) is 6.51. The van der Waals surface area contributed by atoms with Crippen LogP contribution in [-0.2, 0) is 32.6 Å². The highest BCUT2D eigenvalue weighted by molar-refractivity contribution is 7.92. The summed E-state index contributed by atoms with van der Waals surface area (Å²) in [4.78, 5) is 29.8. The van der Waals surface area contributed by atoms with E-state index in [1.165, 1.54) is 36.3 Å². The Morgan fingerprint density at radius 2 is 1.44 bits per heavy atom. The molecular formula is C35H38ClN3O5S. The van der Waals surface area contributed by atoms with Gasteiger partial charge in [0.25, 0.3) is 10.0 Å². The van der Waals surface area contributed by atoms with Gasteiger partial charge in [-0.05, 0) is 54.8 Å². The van der Waals surface area contributed by atoms with Gasteiger partial charge in [-0.15, -0.1) is 0 Å². The minimum absolute atomic E-state index is 0.00898. The number of carbonyl (C=O) groups excluding carboxylic acids is 2. The first-order chi connectivity index (χ1) is 21.6. The number of hydrogen-bond donors (Lipinski definition) is 1. The lowest BCUT2D eigenvalue weighted by Gasteiger charge is -2.34. The summed E-state index contributed by atoms with van der Waals surface area (Å²) in [5.41, 5.74) is 1.84. The molecule has 2 atom stereocenters. The van der Waals surface area contributed by atoms with Crippen molar-refractivity contribution in [3.63, 3.8) is 0 Å². The molecule has 0 saturated carbocycles. The molecule has 0 radical (unpaired) electrons. The molecule has 4 rings (SSSR count). The van der Waals surface area contributed by atoms with Crippen molar-refractivity contribution in [3.05, 3.63) is 125 Å². The van der Waals surface area contributed by atoms with Gasteiger partial charge in [0.15, 0.2) is 0 Å². The van der Waals surface area contributed by atoms with Crippen LogP contribution in [0.4, 0.5) is 5.69 Å². The zero-order valence-corrected chi connectivity index (χ0v) is 27.2. The highest BCUT2D eigenvalue weighted by Crippen LogP contribution is 2.32. The van der Waals surface area contributed by atoms with Crippen LogP contribution in [0.5, 0.6) is 5.75 Å². The number of rotatable bonds is 14. The number of hydrogen-bond acceptors (Lipinski definition) is 5. The molecule has 0 saturated heterocycles. The number of sulfonamides is 1. The first kappa shape index (κ1) is 33.6. The van der Waals surface area contributed by atoms with Crippen molar-refractivity contribution < 1.29 is 22.7 Å². The van der Waals surface area contributed by atoms with Crippen molar-refractivity contribution in [2.75, 3.05) is 18.0 Å². The van der Waals surface area contributed by atoms with Crippen molar-refractivity contribution in [1.29, 1.82) is 0 Å². The van der Waals surface area contributed by atoms with E-state index >= 15 is 0 Å². The van der Waals surface area contributed by atoms with Crippen LogP contribution in [0.15, 0.2) is 114 Å². The third-order valence-electron chi connectivity index (χ3n) is 7.50. The molecule has 8 nitrogen and oxygen atoms in total. The van der Waals surface area contributed by atoms with E-state index in [2.05, 4.69) is 5.32 Å². The van der Waals surface area contributed by atoms with Gasteiger partial charge in [-0.2, -0.15) is 0 Å². The number of amides is 2. The molecule has 10 heteroatoms. The van der Waals surface area contributed by atoms with E-state index in [0.29, 0.717) is 12.2 Å². The Labute approximate surface area is 270 Å². The molecule has 4 aromatic carbocycles. The quantitative estimate of drug-likeness (QED) is 0.179. The van der Waals surface area contributed by atoms with E-state index < -0.39 is 28.5 Å². The van der Waals surface area contributed by atoms with Crippen LogP contribution >= 0.6 is 11.6 Å². The second kappa shape index (κ2) is 15.6. The maximum absolute atomic E-state index is 14.5. The average molecular weight is 648 g/mol. The highest BCUT2D eigenvalue weighted by atomic mass is 35.5. The monoisotopic (exact) mass is 647 g/mol. The van der Waals surface area contributed by atoms with Gasteiger partial charge in [-0.1, -0.05) is 97.4 Å². The summed E-state index contributed by atoms with van der Waals surface area (Å²) in [7, 11) is -2.77.